The van der Waals surface area contributed by atoms with Gasteiger partial charge in [-0.3, -0.25) is 32.7 Å². The average molecular weight is 462 g/mol. The molecule has 1 aromatic heterocycles. The molecule has 1 unspecified atom stereocenters. The lowest BCUT2D eigenvalue weighted by Crippen LogP contribution is -2.49. The van der Waals surface area contributed by atoms with Crippen molar-refractivity contribution in [1.29, 1.82) is 0 Å². The molecule has 0 aliphatic carbocycles. The normalized spacial score (nSPS) is 33.8. The summed E-state index contributed by atoms with van der Waals surface area (Å²) in [6.45, 7) is 6.18. The van der Waals surface area contributed by atoms with E-state index < -0.39 is 55.0 Å². The number of rotatable bonds is 7. The molecular formula is C18H27N2O10P. The number of nitrogens with one attached hydrogen (secondary N) is 1. The molecule has 12 nitrogen and oxygen atoms in total. The predicted octanol–water partition coefficient (Wildman–Crippen LogP) is 0.703. The van der Waals surface area contributed by atoms with Gasteiger partial charge in [0.05, 0.1) is 25.2 Å². The second-order valence-corrected chi connectivity index (χ2v) is 9.67. The van der Waals surface area contributed by atoms with E-state index in [0.29, 0.717) is 0 Å². The highest BCUT2D eigenvalue weighted by molar-refractivity contribution is 7.48. The molecule has 31 heavy (non-hydrogen) atoms. The molecule has 1 aromatic rings. The molecule has 3 rings (SSSR count). The van der Waals surface area contributed by atoms with Gasteiger partial charge < -0.3 is 14.6 Å². The first-order chi connectivity index (χ1) is 14.4. The summed E-state index contributed by atoms with van der Waals surface area (Å²) in [6, 6.07) is 1.11. The zero-order valence-electron chi connectivity index (χ0n) is 17.7. The average Bonchev–Trinajstić information content (AvgIpc) is 2.91. The third-order valence-electron chi connectivity index (χ3n) is 5.02. The second-order valence-electron chi connectivity index (χ2n) is 8.05. The van der Waals surface area contributed by atoms with Crippen LogP contribution in [0.4, 0.5) is 0 Å². The molecule has 2 aliphatic rings. The lowest BCUT2D eigenvalue weighted by atomic mass is 9.96. The molecule has 174 valence electrons. The van der Waals surface area contributed by atoms with E-state index in [1.165, 1.54) is 13.1 Å². The van der Waals surface area contributed by atoms with Crippen LogP contribution < -0.4 is 11.2 Å². The number of phosphoric acid groups is 1. The van der Waals surface area contributed by atoms with Crippen LogP contribution in [0.5, 0.6) is 0 Å². The van der Waals surface area contributed by atoms with Gasteiger partial charge in [0.1, 0.15) is 17.8 Å². The van der Waals surface area contributed by atoms with E-state index in [2.05, 4.69) is 4.98 Å². The number of ether oxygens (including phenoxy) is 2. The summed E-state index contributed by atoms with van der Waals surface area (Å²) in [5, 5.41) is 11.0. The van der Waals surface area contributed by atoms with E-state index >= 15 is 0 Å². The van der Waals surface area contributed by atoms with Crippen LogP contribution >= 0.6 is 7.82 Å². The number of H-pyrrole nitrogens is 1. The summed E-state index contributed by atoms with van der Waals surface area (Å²) < 4.78 is 40.7. The molecule has 0 aromatic carbocycles. The van der Waals surface area contributed by atoms with Crippen LogP contribution in [0.3, 0.4) is 0 Å². The molecule has 0 radical (unpaired) electrons. The van der Waals surface area contributed by atoms with Crippen molar-refractivity contribution in [2.75, 3.05) is 13.2 Å². The number of carbonyl (C=O) groups is 1. The summed E-state index contributed by atoms with van der Waals surface area (Å²) in [5.41, 5.74) is -3.16. The van der Waals surface area contributed by atoms with Crippen LogP contribution in [-0.4, -0.2) is 57.8 Å². The number of esters is 1. The minimum atomic E-state index is -4.05. The smallest absolute Gasteiger partial charge is 0.463 e. The third-order valence-corrected chi connectivity index (χ3v) is 6.46. The quantitative estimate of drug-likeness (QED) is 0.437. The number of aromatic amines is 1. The predicted molar refractivity (Wildman–Crippen MR) is 105 cm³/mol. The molecule has 2 fully saturated rings. The number of fused-ring (bicyclic) bond motifs is 1. The SMILES string of the molecule is CC(C)OC(=O)C(C)CCO[P@]1(=O)OC[C@H]2O[C@@H](n3ccc(=O)[nH]c3=O)[C@](C)(O)[C@@H]2O1. The van der Waals surface area contributed by atoms with Gasteiger partial charge in [0.2, 0.25) is 0 Å². The van der Waals surface area contributed by atoms with Crippen molar-refractivity contribution in [3.63, 3.8) is 0 Å². The molecule has 0 spiro atoms. The third kappa shape index (κ3) is 5.16. The highest BCUT2D eigenvalue weighted by Gasteiger charge is 2.60. The fourth-order valence-electron chi connectivity index (χ4n) is 3.36. The number of phosphoric ester groups is 1. The summed E-state index contributed by atoms with van der Waals surface area (Å²) in [7, 11) is -4.05. The maximum atomic E-state index is 12.9. The first kappa shape index (κ1) is 23.8. The van der Waals surface area contributed by atoms with Crippen molar-refractivity contribution >= 4 is 13.8 Å². The van der Waals surface area contributed by atoms with Gasteiger partial charge in [-0.25, -0.2) is 9.36 Å². The topological polar surface area (TPSA) is 155 Å². The van der Waals surface area contributed by atoms with Crippen molar-refractivity contribution in [3.8, 4) is 0 Å². The monoisotopic (exact) mass is 462 g/mol. The molecule has 0 amide bonds. The van der Waals surface area contributed by atoms with Crippen LogP contribution in [0.2, 0.25) is 0 Å². The van der Waals surface area contributed by atoms with E-state index in [9.17, 15) is 24.1 Å². The summed E-state index contributed by atoms with van der Waals surface area (Å²) in [4.78, 5) is 37.3. The lowest BCUT2D eigenvalue weighted by molar-refractivity contribution is -0.152. The van der Waals surface area contributed by atoms with E-state index in [-0.39, 0.29) is 25.7 Å². The molecule has 3 heterocycles. The maximum absolute atomic E-state index is 12.9. The summed E-state index contributed by atoms with van der Waals surface area (Å²) >= 11 is 0. The molecule has 2 N–H and O–H groups in total. The Bertz CT molecular complexity index is 971. The fraction of sp³-hybridized carbons (Fsp3) is 0.722. The Balaban J connectivity index is 1.65. The molecular weight excluding hydrogens is 435 g/mol. The number of aliphatic hydroxyl groups is 1. The van der Waals surface area contributed by atoms with Crippen molar-refractivity contribution in [2.24, 2.45) is 5.92 Å². The molecule has 13 heteroatoms. The van der Waals surface area contributed by atoms with Crippen LogP contribution in [0.25, 0.3) is 0 Å². The van der Waals surface area contributed by atoms with Crippen LogP contribution in [0.1, 0.15) is 40.3 Å². The van der Waals surface area contributed by atoms with Gasteiger partial charge >= 0.3 is 19.5 Å². The minimum Gasteiger partial charge on any atom is -0.463 e. The molecule has 2 saturated heterocycles. The summed E-state index contributed by atoms with van der Waals surface area (Å²) in [6.07, 6.45) is -2.01. The first-order valence-corrected chi connectivity index (χ1v) is 11.4. The molecule has 0 bridgehead atoms. The lowest BCUT2D eigenvalue weighted by Gasteiger charge is -2.35. The molecule has 2 aliphatic heterocycles. The largest absolute Gasteiger partial charge is 0.475 e. The standard InChI is InChI=1S/C18H27N2O10P/c1-10(2)28-15(22)11(3)6-8-26-31(25)27-9-12-14(30-31)18(4,24)16(29-12)20-7-5-13(21)19-17(20)23/h5,7,10-12,14,16,24H,6,8-9H2,1-4H3,(H,19,21,23)/t11?,12-,14-,16-,18-,31-/m1/s1. The first-order valence-electron chi connectivity index (χ1n) is 9.90. The van der Waals surface area contributed by atoms with Gasteiger partial charge in [-0.1, -0.05) is 6.92 Å². The molecule has 0 saturated carbocycles. The van der Waals surface area contributed by atoms with Gasteiger partial charge in [-0.15, -0.1) is 0 Å². The minimum absolute atomic E-state index is 0.102. The molecule has 6 atom stereocenters. The Hall–Kier alpha value is -1.82. The van der Waals surface area contributed by atoms with Crippen LogP contribution in [0, 0.1) is 5.92 Å². The van der Waals surface area contributed by atoms with Gasteiger partial charge in [0, 0.05) is 12.3 Å². The van der Waals surface area contributed by atoms with Crippen molar-refractivity contribution < 1.29 is 37.5 Å². The fourth-order valence-corrected chi connectivity index (χ4v) is 4.84. The van der Waals surface area contributed by atoms with Crippen LogP contribution in [0.15, 0.2) is 21.9 Å². The second kappa shape index (κ2) is 8.97. The van der Waals surface area contributed by atoms with E-state index in [1.54, 1.807) is 20.8 Å². The number of hydrogen-bond acceptors (Lipinski definition) is 10. The maximum Gasteiger partial charge on any atom is 0.475 e. The zero-order chi connectivity index (χ0) is 23.0. The summed E-state index contributed by atoms with van der Waals surface area (Å²) in [5.74, 6) is -0.885. The van der Waals surface area contributed by atoms with Crippen molar-refractivity contribution in [2.45, 2.75) is 64.3 Å². The Morgan fingerprint density at radius 1 is 1.42 bits per heavy atom. The van der Waals surface area contributed by atoms with Gasteiger partial charge in [-0.05, 0) is 27.2 Å². The number of carbonyl (C=O) groups excluding carboxylic acids is 1. The number of nitrogens with zero attached hydrogens (tertiary/aromatic N) is 1. The Kier molecular flexibility index (Phi) is 6.90. The van der Waals surface area contributed by atoms with Crippen LogP contribution in [-0.2, 0) is 32.4 Å². The number of hydrogen-bond donors (Lipinski definition) is 2. The highest BCUT2D eigenvalue weighted by Crippen LogP contribution is 2.58. The highest BCUT2D eigenvalue weighted by atomic mass is 31.2. The van der Waals surface area contributed by atoms with E-state index in [1.807, 2.05) is 0 Å². The van der Waals surface area contributed by atoms with Gasteiger partial charge in [0.15, 0.2) is 6.23 Å². The van der Waals surface area contributed by atoms with Crippen molar-refractivity contribution in [3.05, 3.63) is 33.1 Å². The van der Waals surface area contributed by atoms with E-state index in [0.717, 1.165) is 10.6 Å². The zero-order valence-corrected chi connectivity index (χ0v) is 18.6. The van der Waals surface area contributed by atoms with Gasteiger partial charge in [0.25, 0.3) is 5.56 Å². The Morgan fingerprint density at radius 3 is 2.77 bits per heavy atom. The van der Waals surface area contributed by atoms with E-state index in [4.69, 9.17) is 23.0 Å². The van der Waals surface area contributed by atoms with Crippen molar-refractivity contribution in [1.82, 2.24) is 9.55 Å². The van der Waals surface area contributed by atoms with Gasteiger partial charge in [-0.2, -0.15) is 0 Å². The Morgan fingerprint density at radius 2 is 2.13 bits per heavy atom. The Labute approximate surface area is 178 Å². The number of aromatic nitrogens is 2.